The Kier molecular flexibility index (Phi) is 5.74. The highest BCUT2D eigenvalue weighted by Gasteiger charge is 2.20. The zero-order chi connectivity index (χ0) is 16.3. The normalized spacial score (nSPS) is 12.5. The summed E-state index contributed by atoms with van der Waals surface area (Å²) in [5.74, 6) is 0. The van der Waals surface area contributed by atoms with Gasteiger partial charge in [-0.15, -0.1) is 0 Å². The monoisotopic (exact) mass is 335 g/mol. The number of hydrogen-bond acceptors (Lipinski definition) is 5. The molecule has 120 valence electrons. The minimum absolute atomic E-state index is 0.137. The van der Waals surface area contributed by atoms with Gasteiger partial charge in [0, 0.05) is 18.8 Å². The standard InChI is InChI=1S/C12H21N3O4S2/c1-9-5-6-11(13)10(2)12(9)21(18,19)15-8-4-7-14-20(3,16)17/h5-6,14-15H,4,7-8,13H2,1-3H3. The van der Waals surface area contributed by atoms with E-state index in [1.807, 2.05) is 0 Å². The lowest BCUT2D eigenvalue weighted by Gasteiger charge is -2.13. The van der Waals surface area contributed by atoms with Crippen molar-refractivity contribution in [2.24, 2.45) is 0 Å². The maximum atomic E-state index is 12.3. The summed E-state index contributed by atoms with van der Waals surface area (Å²) in [5, 5.41) is 0. The molecule has 1 aromatic carbocycles. The molecule has 9 heteroatoms. The highest BCUT2D eigenvalue weighted by molar-refractivity contribution is 7.89. The fourth-order valence-electron chi connectivity index (χ4n) is 1.88. The number of rotatable bonds is 7. The molecule has 4 N–H and O–H groups in total. The van der Waals surface area contributed by atoms with E-state index in [1.54, 1.807) is 26.0 Å². The van der Waals surface area contributed by atoms with Gasteiger partial charge in [0.2, 0.25) is 20.0 Å². The van der Waals surface area contributed by atoms with E-state index in [4.69, 9.17) is 5.73 Å². The molecule has 0 spiro atoms. The minimum atomic E-state index is -3.67. The van der Waals surface area contributed by atoms with Gasteiger partial charge in [0.15, 0.2) is 0 Å². The van der Waals surface area contributed by atoms with Crippen LogP contribution >= 0.6 is 0 Å². The van der Waals surface area contributed by atoms with E-state index in [9.17, 15) is 16.8 Å². The van der Waals surface area contributed by atoms with Crippen molar-refractivity contribution in [2.45, 2.75) is 25.2 Å². The summed E-state index contributed by atoms with van der Waals surface area (Å²) in [6.07, 6.45) is 1.41. The summed E-state index contributed by atoms with van der Waals surface area (Å²) < 4.78 is 51.1. The molecule has 0 aliphatic carbocycles. The highest BCUT2D eigenvalue weighted by atomic mass is 32.2. The average molecular weight is 335 g/mol. The number of anilines is 1. The van der Waals surface area contributed by atoms with Gasteiger partial charge in [0.1, 0.15) is 0 Å². The first-order chi connectivity index (χ1) is 9.54. The summed E-state index contributed by atoms with van der Waals surface area (Å²) in [4.78, 5) is 0.179. The summed E-state index contributed by atoms with van der Waals surface area (Å²) in [6, 6.07) is 3.32. The van der Waals surface area contributed by atoms with Crippen molar-refractivity contribution in [3.8, 4) is 0 Å². The Labute approximate surface area is 126 Å². The van der Waals surface area contributed by atoms with Crippen molar-refractivity contribution in [2.75, 3.05) is 25.1 Å². The number of nitrogens with one attached hydrogen (secondary N) is 2. The van der Waals surface area contributed by atoms with E-state index in [1.165, 1.54) is 0 Å². The number of benzene rings is 1. The molecule has 21 heavy (non-hydrogen) atoms. The Balaban J connectivity index is 2.73. The van der Waals surface area contributed by atoms with E-state index in [2.05, 4.69) is 9.44 Å². The van der Waals surface area contributed by atoms with Crippen LogP contribution in [0.5, 0.6) is 0 Å². The maximum Gasteiger partial charge on any atom is 0.241 e. The van der Waals surface area contributed by atoms with Crippen LogP contribution in [-0.2, 0) is 20.0 Å². The fourth-order valence-corrected chi connectivity index (χ4v) is 3.97. The van der Waals surface area contributed by atoms with Gasteiger partial charge in [-0.05, 0) is 37.5 Å². The molecule has 0 atom stereocenters. The van der Waals surface area contributed by atoms with Crippen LogP contribution in [-0.4, -0.2) is 36.2 Å². The largest absolute Gasteiger partial charge is 0.398 e. The third kappa shape index (κ3) is 5.27. The minimum Gasteiger partial charge on any atom is -0.398 e. The summed E-state index contributed by atoms with van der Waals surface area (Å²) in [5.41, 5.74) is 7.28. The predicted molar refractivity (Wildman–Crippen MR) is 83.0 cm³/mol. The van der Waals surface area contributed by atoms with Crippen LogP contribution in [0.15, 0.2) is 17.0 Å². The average Bonchev–Trinajstić information content (AvgIpc) is 2.32. The van der Waals surface area contributed by atoms with Gasteiger partial charge in [0.05, 0.1) is 11.2 Å². The van der Waals surface area contributed by atoms with Gasteiger partial charge in [0.25, 0.3) is 0 Å². The van der Waals surface area contributed by atoms with E-state index in [0.29, 0.717) is 23.2 Å². The van der Waals surface area contributed by atoms with Gasteiger partial charge in [-0.1, -0.05) is 6.07 Å². The van der Waals surface area contributed by atoms with Crippen molar-refractivity contribution in [3.05, 3.63) is 23.3 Å². The second kappa shape index (κ2) is 6.73. The highest BCUT2D eigenvalue weighted by Crippen LogP contribution is 2.24. The van der Waals surface area contributed by atoms with E-state index < -0.39 is 20.0 Å². The molecule has 0 unspecified atom stereocenters. The van der Waals surface area contributed by atoms with Gasteiger partial charge >= 0.3 is 0 Å². The first-order valence-electron chi connectivity index (χ1n) is 6.34. The molecule has 0 aliphatic heterocycles. The van der Waals surface area contributed by atoms with E-state index >= 15 is 0 Å². The van der Waals surface area contributed by atoms with Crippen LogP contribution in [0.1, 0.15) is 17.5 Å². The van der Waals surface area contributed by atoms with Gasteiger partial charge < -0.3 is 5.73 Å². The molecular weight excluding hydrogens is 314 g/mol. The molecule has 1 aromatic rings. The third-order valence-corrected chi connectivity index (χ3v) is 5.40. The fraction of sp³-hybridized carbons (Fsp3) is 0.500. The Morgan fingerprint density at radius 2 is 1.62 bits per heavy atom. The van der Waals surface area contributed by atoms with Crippen LogP contribution in [0, 0.1) is 13.8 Å². The first kappa shape index (κ1) is 17.9. The van der Waals surface area contributed by atoms with Gasteiger partial charge in [-0.25, -0.2) is 26.3 Å². The molecular formula is C12H21N3O4S2. The molecule has 0 amide bonds. The summed E-state index contributed by atoms with van der Waals surface area (Å²) in [6.45, 7) is 3.67. The van der Waals surface area contributed by atoms with Crippen molar-refractivity contribution in [1.29, 1.82) is 0 Å². The molecule has 0 radical (unpaired) electrons. The van der Waals surface area contributed by atoms with Crippen molar-refractivity contribution < 1.29 is 16.8 Å². The Bertz CT molecular complexity index is 712. The third-order valence-electron chi connectivity index (χ3n) is 2.92. The molecule has 0 heterocycles. The molecule has 0 saturated heterocycles. The van der Waals surface area contributed by atoms with Crippen LogP contribution in [0.3, 0.4) is 0 Å². The van der Waals surface area contributed by atoms with Gasteiger partial charge in [-0.3, -0.25) is 0 Å². The van der Waals surface area contributed by atoms with Crippen LogP contribution in [0.25, 0.3) is 0 Å². The van der Waals surface area contributed by atoms with Crippen molar-refractivity contribution in [1.82, 2.24) is 9.44 Å². The topological polar surface area (TPSA) is 118 Å². The summed E-state index contributed by atoms with van der Waals surface area (Å²) in [7, 11) is -6.92. The summed E-state index contributed by atoms with van der Waals surface area (Å²) >= 11 is 0. The zero-order valence-corrected chi connectivity index (χ0v) is 13.9. The number of sulfonamides is 2. The Morgan fingerprint density at radius 3 is 2.19 bits per heavy atom. The Morgan fingerprint density at radius 1 is 1.05 bits per heavy atom. The SMILES string of the molecule is Cc1ccc(N)c(C)c1S(=O)(=O)NCCCNS(C)(=O)=O. The van der Waals surface area contributed by atoms with E-state index in [0.717, 1.165) is 6.26 Å². The lowest BCUT2D eigenvalue weighted by Crippen LogP contribution is -2.30. The van der Waals surface area contributed by atoms with E-state index in [-0.39, 0.29) is 18.0 Å². The van der Waals surface area contributed by atoms with Crippen LogP contribution < -0.4 is 15.2 Å². The second-order valence-corrected chi connectivity index (χ2v) is 8.38. The first-order valence-corrected chi connectivity index (χ1v) is 9.72. The van der Waals surface area contributed by atoms with Gasteiger partial charge in [-0.2, -0.15) is 0 Å². The number of nitrogen functional groups attached to an aromatic ring is 1. The van der Waals surface area contributed by atoms with Crippen molar-refractivity contribution in [3.63, 3.8) is 0 Å². The second-order valence-electron chi connectivity index (χ2n) is 4.84. The maximum absolute atomic E-state index is 12.3. The molecule has 7 nitrogen and oxygen atoms in total. The molecule has 1 rings (SSSR count). The predicted octanol–water partition coefficient (Wildman–Crippen LogP) is 0.103. The molecule has 0 aliphatic rings. The zero-order valence-electron chi connectivity index (χ0n) is 12.3. The quantitative estimate of drug-likeness (QED) is 0.482. The molecule has 0 aromatic heterocycles. The number of nitrogens with two attached hydrogens (primary N) is 1. The molecule has 0 fully saturated rings. The number of hydrogen-bond donors (Lipinski definition) is 3. The Hall–Kier alpha value is -1.16. The van der Waals surface area contributed by atoms with Crippen LogP contribution in [0.4, 0.5) is 5.69 Å². The molecule has 0 bridgehead atoms. The van der Waals surface area contributed by atoms with Crippen LogP contribution in [0.2, 0.25) is 0 Å². The lowest BCUT2D eigenvalue weighted by atomic mass is 10.1. The molecule has 0 saturated carbocycles. The lowest BCUT2D eigenvalue weighted by molar-refractivity contribution is 0.574. The number of aryl methyl sites for hydroxylation is 1. The smallest absolute Gasteiger partial charge is 0.241 e. The van der Waals surface area contributed by atoms with Crippen molar-refractivity contribution >= 4 is 25.7 Å².